The van der Waals surface area contributed by atoms with E-state index in [9.17, 15) is 9.59 Å². The van der Waals surface area contributed by atoms with E-state index in [4.69, 9.17) is 5.11 Å². The molecule has 6 nitrogen and oxygen atoms in total. The molecular formula is C20H23N3O3. The predicted octanol–water partition coefficient (Wildman–Crippen LogP) is 1.20. The van der Waals surface area contributed by atoms with Crippen LogP contribution in [0.15, 0.2) is 54.0 Å². The molecule has 1 aromatic carbocycles. The van der Waals surface area contributed by atoms with Gasteiger partial charge >= 0.3 is 0 Å². The van der Waals surface area contributed by atoms with E-state index in [1.54, 1.807) is 19.3 Å². The summed E-state index contributed by atoms with van der Waals surface area (Å²) >= 11 is 0. The van der Waals surface area contributed by atoms with Crippen molar-refractivity contribution < 1.29 is 9.90 Å². The second-order valence-electron chi connectivity index (χ2n) is 6.55. The topological polar surface area (TPSA) is 83.4 Å². The summed E-state index contributed by atoms with van der Waals surface area (Å²) < 4.78 is 1.53. The van der Waals surface area contributed by atoms with Gasteiger partial charge in [0, 0.05) is 37.5 Å². The summed E-state index contributed by atoms with van der Waals surface area (Å²) in [5.74, 6) is -0.126. The largest absolute Gasteiger partial charge is 0.396 e. The van der Waals surface area contributed by atoms with Gasteiger partial charge in [0.25, 0.3) is 11.5 Å². The van der Waals surface area contributed by atoms with Gasteiger partial charge < -0.3 is 20.3 Å². The fourth-order valence-corrected chi connectivity index (χ4v) is 2.89. The van der Waals surface area contributed by atoms with Gasteiger partial charge in [-0.05, 0) is 18.1 Å². The zero-order valence-corrected chi connectivity index (χ0v) is 14.7. The zero-order chi connectivity index (χ0) is 18.7. The van der Waals surface area contributed by atoms with Crippen molar-refractivity contribution in [2.75, 3.05) is 13.7 Å². The number of carbonyl (C=O) groups is 1. The maximum atomic E-state index is 12.8. The SMILES string of the molecule is C=C(NC)c1cc(C(=O)N[C@@H]2CC2CO)cn(Cc2ccccc2)c1=O. The monoisotopic (exact) mass is 353 g/mol. The summed E-state index contributed by atoms with van der Waals surface area (Å²) in [6, 6.07) is 11.2. The van der Waals surface area contributed by atoms with Crippen LogP contribution in [0.25, 0.3) is 5.70 Å². The van der Waals surface area contributed by atoms with Gasteiger partial charge in [0.15, 0.2) is 0 Å². The molecule has 1 saturated carbocycles. The Morgan fingerprint density at radius 1 is 1.35 bits per heavy atom. The first-order valence-corrected chi connectivity index (χ1v) is 8.60. The van der Waals surface area contributed by atoms with Crippen LogP contribution < -0.4 is 16.2 Å². The molecular weight excluding hydrogens is 330 g/mol. The number of pyridine rings is 1. The number of rotatable bonds is 7. The van der Waals surface area contributed by atoms with Crippen LogP contribution in [0.1, 0.15) is 27.9 Å². The maximum absolute atomic E-state index is 12.8. The highest BCUT2D eigenvalue weighted by Gasteiger charge is 2.37. The Balaban J connectivity index is 1.93. The number of benzene rings is 1. The molecule has 2 atom stereocenters. The molecule has 3 rings (SSSR count). The first-order valence-electron chi connectivity index (χ1n) is 8.60. The normalized spacial score (nSPS) is 18.2. The molecule has 0 bridgehead atoms. The number of aromatic nitrogens is 1. The van der Waals surface area contributed by atoms with Crippen molar-refractivity contribution in [1.82, 2.24) is 15.2 Å². The molecule has 1 aromatic heterocycles. The quantitative estimate of drug-likeness (QED) is 0.698. The first-order chi connectivity index (χ1) is 12.5. The lowest BCUT2D eigenvalue weighted by Gasteiger charge is -2.13. The van der Waals surface area contributed by atoms with Crippen molar-refractivity contribution in [3.05, 3.63) is 76.2 Å². The average molecular weight is 353 g/mol. The van der Waals surface area contributed by atoms with Gasteiger partial charge in [-0.3, -0.25) is 9.59 Å². The van der Waals surface area contributed by atoms with Crippen LogP contribution in [0.3, 0.4) is 0 Å². The van der Waals surface area contributed by atoms with Gasteiger partial charge in [0.2, 0.25) is 0 Å². The van der Waals surface area contributed by atoms with E-state index in [0.717, 1.165) is 12.0 Å². The zero-order valence-electron chi connectivity index (χ0n) is 14.7. The number of nitrogens with zero attached hydrogens (tertiary/aromatic N) is 1. The molecule has 0 spiro atoms. The number of carbonyl (C=O) groups excluding carboxylic acids is 1. The molecule has 1 unspecified atom stereocenters. The molecule has 0 saturated heterocycles. The molecule has 1 aliphatic carbocycles. The van der Waals surface area contributed by atoms with Crippen LogP contribution in [-0.2, 0) is 6.54 Å². The van der Waals surface area contributed by atoms with Crippen LogP contribution in [0.2, 0.25) is 0 Å². The molecule has 0 aliphatic heterocycles. The standard InChI is InChI=1S/C20H23N3O3/c1-13(21-2)17-8-15(19(25)22-18-9-16(18)12-24)11-23(20(17)26)10-14-6-4-3-5-7-14/h3-8,11,16,18,21,24H,1,9-10,12H2,2H3,(H,22,25)/t16?,18-/m1/s1. The van der Waals surface area contributed by atoms with Crippen molar-refractivity contribution >= 4 is 11.6 Å². The van der Waals surface area contributed by atoms with Crippen molar-refractivity contribution in [3.63, 3.8) is 0 Å². The third-order valence-corrected chi connectivity index (χ3v) is 4.64. The van der Waals surface area contributed by atoms with Crippen LogP contribution >= 0.6 is 0 Å². The summed E-state index contributed by atoms with van der Waals surface area (Å²) in [4.78, 5) is 25.4. The fraction of sp³-hybridized carbons (Fsp3) is 0.300. The Kier molecular flexibility index (Phi) is 5.23. The van der Waals surface area contributed by atoms with Crippen LogP contribution in [0.5, 0.6) is 0 Å². The van der Waals surface area contributed by atoms with E-state index in [1.165, 1.54) is 4.57 Å². The number of nitrogens with one attached hydrogen (secondary N) is 2. The number of hydrogen-bond donors (Lipinski definition) is 3. The van der Waals surface area contributed by atoms with Crippen molar-refractivity contribution in [2.45, 2.75) is 19.0 Å². The fourth-order valence-electron chi connectivity index (χ4n) is 2.89. The molecule has 0 radical (unpaired) electrons. The second-order valence-corrected chi connectivity index (χ2v) is 6.55. The minimum absolute atomic E-state index is 0.00190. The summed E-state index contributed by atoms with van der Waals surface area (Å²) in [6.07, 6.45) is 2.36. The molecule has 1 amide bonds. The van der Waals surface area contributed by atoms with E-state index in [-0.39, 0.29) is 30.0 Å². The minimum Gasteiger partial charge on any atom is -0.396 e. The molecule has 2 aromatic rings. The van der Waals surface area contributed by atoms with E-state index in [0.29, 0.717) is 23.4 Å². The Morgan fingerprint density at radius 3 is 2.69 bits per heavy atom. The average Bonchev–Trinajstić information content (AvgIpc) is 3.41. The van der Waals surface area contributed by atoms with Gasteiger partial charge in [0.1, 0.15) is 0 Å². The number of amides is 1. The van der Waals surface area contributed by atoms with Crippen LogP contribution in [-0.4, -0.2) is 35.3 Å². The smallest absolute Gasteiger partial charge is 0.260 e. The molecule has 1 aliphatic rings. The molecule has 3 N–H and O–H groups in total. The Bertz CT molecular complexity index is 874. The number of hydrogen-bond acceptors (Lipinski definition) is 4. The van der Waals surface area contributed by atoms with Crippen LogP contribution in [0.4, 0.5) is 0 Å². The van der Waals surface area contributed by atoms with Gasteiger partial charge in [-0.1, -0.05) is 36.9 Å². The molecule has 26 heavy (non-hydrogen) atoms. The van der Waals surface area contributed by atoms with E-state index >= 15 is 0 Å². The highest BCUT2D eigenvalue weighted by atomic mass is 16.3. The highest BCUT2D eigenvalue weighted by molar-refractivity contribution is 5.95. The molecule has 6 heteroatoms. The molecule has 1 fully saturated rings. The lowest BCUT2D eigenvalue weighted by Crippen LogP contribution is -2.31. The Hall–Kier alpha value is -2.86. The van der Waals surface area contributed by atoms with E-state index < -0.39 is 0 Å². The third-order valence-electron chi connectivity index (χ3n) is 4.64. The summed E-state index contributed by atoms with van der Waals surface area (Å²) in [5, 5.41) is 14.9. The van der Waals surface area contributed by atoms with Crippen molar-refractivity contribution in [3.8, 4) is 0 Å². The van der Waals surface area contributed by atoms with Gasteiger partial charge in [0.05, 0.1) is 17.7 Å². The molecule has 136 valence electrons. The van der Waals surface area contributed by atoms with Gasteiger partial charge in [-0.25, -0.2) is 0 Å². The lowest BCUT2D eigenvalue weighted by molar-refractivity contribution is 0.0946. The summed E-state index contributed by atoms with van der Waals surface area (Å²) in [7, 11) is 1.69. The van der Waals surface area contributed by atoms with Crippen LogP contribution in [0, 0.1) is 5.92 Å². The summed E-state index contributed by atoms with van der Waals surface area (Å²) in [6.45, 7) is 4.30. The summed E-state index contributed by atoms with van der Waals surface area (Å²) in [5.41, 5.74) is 1.99. The predicted molar refractivity (Wildman–Crippen MR) is 101 cm³/mol. The van der Waals surface area contributed by atoms with E-state index in [2.05, 4.69) is 17.2 Å². The highest BCUT2D eigenvalue weighted by Crippen LogP contribution is 2.29. The van der Waals surface area contributed by atoms with E-state index in [1.807, 2.05) is 30.3 Å². The van der Waals surface area contributed by atoms with Crippen molar-refractivity contribution in [2.24, 2.45) is 5.92 Å². The molecule has 1 heterocycles. The Morgan fingerprint density at radius 2 is 2.08 bits per heavy atom. The van der Waals surface area contributed by atoms with Crippen molar-refractivity contribution in [1.29, 1.82) is 0 Å². The van der Waals surface area contributed by atoms with Gasteiger partial charge in [-0.15, -0.1) is 0 Å². The maximum Gasteiger partial charge on any atom is 0.260 e. The lowest BCUT2D eigenvalue weighted by atomic mass is 10.1. The first kappa shape index (κ1) is 17.9. The second kappa shape index (κ2) is 7.58. The van der Waals surface area contributed by atoms with Gasteiger partial charge in [-0.2, -0.15) is 0 Å². The minimum atomic E-state index is -0.252. The number of aliphatic hydroxyl groups is 1. The Labute approximate surface area is 152 Å². The number of aliphatic hydroxyl groups excluding tert-OH is 1. The third kappa shape index (κ3) is 3.86.